The lowest BCUT2D eigenvalue weighted by Gasteiger charge is -2.02. The van der Waals surface area contributed by atoms with Crippen molar-refractivity contribution in [2.75, 3.05) is 0 Å². The topological polar surface area (TPSA) is 41.5 Å². The molecule has 3 nitrogen and oxygen atoms in total. The minimum absolute atomic E-state index is 0.227. The molecule has 0 aliphatic carbocycles. The van der Waals surface area contributed by atoms with E-state index in [9.17, 15) is 4.79 Å². The number of amides is 1. The first-order chi connectivity index (χ1) is 9.56. The van der Waals surface area contributed by atoms with E-state index in [1.54, 1.807) is 18.3 Å². The van der Waals surface area contributed by atoms with Crippen molar-refractivity contribution in [2.24, 2.45) is 5.10 Å². The van der Waals surface area contributed by atoms with Gasteiger partial charge in [-0.1, -0.05) is 51.8 Å². The first-order valence-electron chi connectivity index (χ1n) is 6.22. The number of nitrogens with zero attached hydrogens (tertiary/aromatic N) is 1. The summed E-state index contributed by atoms with van der Waals surface area (Å²) in [6.07, 6.45) is 1.63. The van der Waals surface area contributed by atoms with Gasteiger partial charge < -0.3 is 0 Å². The lowest BCUT2D eigenvalue weighted by molar-refractivity contribution is 0.0955. The van der Waals surface area contributed by atoms with Gasteiger partial charge in [0.15, 0.2) is 0 Å². The van der Waals surface area contributed by atoms with Gasteiger partial charge in [-0.2, -0.15) is 5.10 Å². The monoisotopic (exact) mass is 330 g/mol. The number of halogens is 1. The lowest BCUT2D eigenvalue weighted by Crippen LogP contribution is -2.17. The van der Waals surface area contributed by atoms with Crippen molar-refractivity contribution >= 4 is 28.1 Å². The molecule has 0 aromatic heterocycles. The predicted molar refractivity (Wildman–Crippen MR) is 85.1 cm³/mol. The molecule has 0 saturated carbocycles. The molecule has 2 rings (SSSR count). The van der Waals surface area contributed by atoms with Crippen LogP contribution in [0, 0.1) is 13.8 Å². The maximum Gasteiger partial charge on any atom is 0.271 e. The molecule has 4 heteroatoms. The van der Waals surface area contributed by atoms with Crippen molar-refractivity contribution in [3.8, 4) is 0 Å². The molecule has 0 aliphatic rings. The van der Waals surface area contributed by atoms with Crippen LogP contribution >= 0.6 is 15.9 Å². The number of aryl methyl sites for hydroxylation is 2. The molecule has 0 aliphatic heterocycles. The molecular formula is C16H15BrN2O. The van der Waals surface area contributed by atoms with Crippen LogP contribution in [-0.4, -0.2) is 12.1 Å². The number of nitrogens with one attached hydrogen (secondary N) is 1. The predicted octanol–water partition coefficient (Wildman–Crippen LogP) is 3.83. The Bertz CT molecular complexity index is 665. The summed E-state index contributed by atoms with van der Waals surface area (Å²) < 4.78 is 0.910. The summed E-state index contributed by atoms with van der Waals surface area (Å²) in [6, 6.07) is 13.4. The highest BCUT2D eigenvalue weighted by atomic mass is 79.9. The van der Waals surface area contributed by atoms with Gasteiger partial charge in [-0.05, 0) is 37.1 Å². The van der Waals surface area contributed by atoms with E-state index in [2.05, 4.69) is 26.5 Å². The molecule has 0 saturated heterocycles. The zero-order valence-electron chi connectivity index (χ0n) is 11.4. The van der Waals surface area contributed by atoms with Crippen LogP contribution in [0.2, 0.25) is 0 Å². The standard InChI is InChI=1S/C16H15BrN2O/c1-11-4-3-5-13(8-11)10-18-19-16(20)14-7-6-12(2)15(17)9-14/h3-10H,1-2H3,(H,19,20). The van der Waals surface area contributed by atoms with Crippen molar-refractivity contribution in [1.82, 2.24) is 5.43 Å². The minimum Gasteiger partial charge on any atom is -0.267 e. The Labute approximate surface area is 126 Å². The Morgan fingerprint density at radius 3 is 2.70 bits per heavy atom. The van der Waals surface area contributed by atoms with Crippen LogP contribution in [-0.2, 0) is 0 Å². The van der Waals surface area contributed by atoms with Gasteiger partial charge in [-0.3, -0.25) is 4.79 Å². The average Bonchev–Trinajstić information content (AvgIpc) is 2.42. The minimum atomic E-state index is -0.227. The number of hydrazone groups is 1. The molecule has 0 unspecified atom stereocenters. The van der Waals surface area contributed by atoms with E-state index in [-0.39, 0.29) is 5.91 Å². The summed E-state index contributed by atoms with van der Waals surface area (Å²) in [4.78, 5) is 11.9. The van der Waals surface area contributed by atoms with Gasteiger partial charge >= 0.3 is 0 Å². The number of benzene rings is 2. The average molecular weight is 331 g/mol. The van der Waals surface area contributed by atoms with Gasteiger partial charge in [0, 0.05) is 10.0 Å². The molecule has 1 N–H and O–H groups in total. The van der Waals surface area contributed by atoms with Gasteiger partial charge in [-0.15, -0.1) is 0 Å². The molecule has 0 heterocycles. The molecular weight excluding hydrogens is 316 g/mol. The highest BCUT2D eigenvalue weighted by Gasteiger charge is 2.05. The maximum atomic E-state index is 11.9. The molecule has 2 aromatic carbocycles. The molecule has 0 atom stereocenters. The number of hydrogen-bond donors (Lipinski definition) is 1. The van der Waals surface area contributed by atoms with Crippen molar-refractivity contribution in [2.45, 2.75) is 13.8 Å². The Morgan fingerprint density at radius 1 is 1.20 bits per heavy atom. The van der Waals surface area contributed by atoms with Crippen molar-refractivity contribution in [1.29, 1.82) is 0 Å². The van der Waals surface area contributed by atoms with E-state index in [1.165, 1.54) is 0 Å². The van der Waals surface area contributed by atoms with Crippen LogP contribution in [0.5, 0.6) is 0 Å². The Hall–Kier alpha value is -1.94. The van der Waals surface area contributed by atoms with Crippen LogP contribution in [0.3, 0.4) is 0 Å². The van der Waals surface area contributed by atoms with E-state index in [0.29, 0.717) is 5.56 Å². The third-order valence-corrected chi connectivity index (χ3v) is 3.71. The van der Waals surface area contributed by atoms with E-state index in [4.69, 9.17) is 0 Å². The van der Waals surface area contributed by atoms with Crippen LogP contribution < -0.4 is 5.43 Å². The molecule has 0 spiro atoms. The molecule has 1 amide bonds. The fourth-order valence-corrected chi connectivity index (χ4v) is 2.09. The molecule has 102 valence electrons. The zero-order valence-corrected chi connectivity index (χ0v) is 12.9. The summed E-state index contributed by atoms with van der Waals surface area (Å²) in [7, 11) is 0. The molecule has 0 fully saturated rings. The highest BCUT2D eigenvalue weighted by molar-refractivity contribution is 9.10. The first-order valence-corrected chi connectivity index (χ1v) is 7.02. The van der Waals surface area contributed by atoms with Gasteiger partial charge in [0.2, 0.25) is 0 Å². The van der Waals surface area contributed by atoms with Gasteiger partial charge in [0.1, 0.15) is 0 Å². The second-order valence-corrected chi connectivity index (χ2v) is 5.43. The Kier molecular flexibility index (Phi) is 4.69. The Morgan fingerprint density at radius 2 is 2.00 bits per heavy atom. The fraction of sp³-hybridized carbons (Fsp3) is 0.125. The van der Waals surface area contributed by atoms with Crippen LogP contribution in [0.15, 0.2) is 52.0 Å². The maximum absolute atomic E-state index is 11.9. The summed E-state index contributed by atoms with van der Waals surface area (Å²) in [5.41, 5.74) is 6.29. The number of hydrogen-bond acceptors (Lipinski definition) is 2. The summed E-state index contributed by atoms with van der Waals surface area (Å²) >= 11 is 3.41. The largest absolute Gasteiger partial charge is 0.271 e. The van der Waals surface area contributed by atoms with Gasteiger partial charge in [0.25, 0.3) is 5.91 Å². The Balaban J connectivity index is 2.03. The number of rotatable bonds is 3. The molecule has 0 bridgehead atoms. The van der Waals surface area contributed by atoms with E-state index in [0.717, 1.165) is 21.2 Å². The summed E-state index contributed by atoms with van der Waals surface area (Å²) in [6.45, 7) is 3.99. The lowest BCUT2D eigenvalue weighted by atomic mass is 10.1. The smallest absolute Gasteiger partial charge is 0.267 e. The third kappa shape index (κ3) is 3.78. The van der Waals surface area contributed by atoms with Crippen molar-refractivity contribution in [3.63, 3.8) is 0 Å². The second-order valence-electron chi connectivity index (χ2n) is 4.58. The quantitative estimate of drug-likeness (QED) is 0.674. The molecule has 20 heavy (non-hydrogen) atoms. The fourth-order valence-electron chi connectivity index (χ4n) is 1.71. The van der Waals surface area contributed by atoms with E-state index >= 15 is 0 Å². The molecule has 0 radical (unpaired) electrons. The third-order valence-electron chi connectivity index (χ3n) is 2.86. The SMILES string of the molecule is Cc1cccc(C=NNC(=O)c2ccc(C)c(Br)c2)c1. The van der Waals surface area contributed by atoms with Gasteiger partial charge in [0.05, 0.1) is 6.21 Å². The molecule has 2 aromatic rings. The highest BCUT2D eigenvalue weighted by Crippen LogP contribution is 2.17. The van der Waals surface area contributed by atoms with E-state index in [1.807, 2.05) is 44.2 Å². The summed E-state index contributed by atoms with van der Waals surface area (Å²) in [5.74, 6) is -0.227. The van der Waals surface area contributed by atoms with E-state index < -0.39 is 0 Å². The zero-order chi connectivity index (χ0) is 14.5. The van der Waals surface area contributed by atoms with Crippen molar-refractivity contribution in [3.05, 3.63) is 69.2 Å². The number of carbonyl (C=O) groups is 1. The second kappa shape index (κ2) is 6.48. The van der Waals surface area contributed by atoms with Crippen LogP contribution in [0.4, 0.5) is 0 Å². The normalized spacial score (nSPS) is 10.8. The first kappa shape index (κ1) is 14.5. The summed E-state index contributed by atoms with van der Waals surface area (Å²) in [5, 5.41) is 3.97. The van der Waals surface area contributed by atoms with Crippen LogP contribution in [0.25, 0.3) is 0 Å². The van der Waals surface area contributed by atoms with Gasteiger partial charge in [-0.25, -0.2) is 5.43 Å². The number of carbonyl (C=O) groups excluding carboxylic acids is 1. The van der Waals surface area contributed by atoms with Crippen LogP contribution in [0.1, 0.15) is 27.0 Å². The van der Waals surface area contributed by atoms with Crippen molar-refractivity contribution < 1.29 is 4.79 Å².